The Morgan fingerprint density at radius 1 is 1.22 bits per heavy atom. The lowest BCUT2D eigenvalue weighted by Gasteiger charge is -2.24. The second-order valence-corrected chi connectivity index (χ2v) is 6.99. The lowest BCUT2D eigenvalue weighted by molar-refractivity contribution is 0.220. The van der Waals surface area contributed by atoms with Crippen LogP contribution in [0, 0.1) is 6.92 Å². The van der Waals surface area contributed by atoms with Gasteiger partial charge in [-0.15, -0.1) is 0 Å². The van der Waals surface area contributed by atoms with Crippen molar-refractivity contribution in [2.75, 3.05) is 13.1 Å². The molecule has 0 spiro atoms. The zero-order valence-electron chi connectivity index (χ0n) is 15.4. The van der Waals surface area contributed by atoms with Crippen LogP contribution in [0.25, 0.3) is 11.3 Å². The van der Waals surface area contributed by atoms with Gasteiger partial charge in [-0.2, -0.15) is 5.10 Å². The van der Waals surface area contributed by atoms with Crippen LogP contribution in [0.1, 0.15) is 24.3 Å². The highest BCUT2D eigenvalue weighted by molar-refractivity contribution is 5.56. The summed E-state index contributed by atoms with van der Waals surface area (Å²) < 4.78 is 6.91. The van der Waals surface area contributed by atoms with Crippen LogP contribution in [-0.4, -0.2) is 44.0 Å². The number of pyridine rings is 1. The molecule has 0 radical (unpaired) electrons. The molecule has 7 nitrogen and oxygen atoms in total. The van der Waals surface area contributed by atoms with Crippen LogP contribution < -0.4 is 5.56 Å². The first kappa shape index (κ1) is 17.6. The van der Waals surface area contributed by atoms with Crippen molar-refractivity contribution in [2.45, 2.75) is 38.8 Å². The minimum Gasteiger partial charge on any atom is -0.361 e. The summed E-state index contributed by atoms with van der Waals surface area (Å²) in [5, 5.41) is 8.53. The number of aryl methyl sites for hydroxylation is 1. The second kappa shape index (κ2) is 7.84. The van der Waals surface area contributed by atoms with Gasteiger partial charge >= 0.3 is 0 Å². The molecule has 1 unspecified atom stereocenters. The number of likely N-dealkylation sites (tertiary alicyclic amines) is 1. The van der Waals surface area contributed by atoms with E-state index in [0.29, 0.717) is 12.6 Å². The second-order valence-electron chi connectivity index (χ2n) is 6.99. The van der Waals surface area contributed by atoms with Gasteiger partial charge in [-0.1, -0.05) is 5.16 Å². The summed E-state index contributed by atoms with van der Waals surface area (Å²) in [4.78, 5) is 18.8. The van der Waals surface area contributed by atoms with E-state index in [0.717, 1.165) is 55.1 Å². The van der Waals surface area contributed by atoms with Crippen LogP contribution in [0.3, 0.4) is 0 Å². The van der Waals surface area contributed by atoms with E-state index < -0.39 is 0 Å². The Morgan fingerprint density at radius 2 is 2.07 bits per heavy atom. The number of nitrogens with zero attached hydrogens (tertiary/aromatic N) is 5. The Balaban J connectivity index is 1.46. The maximum absolute atomic E-state index is 12.3. The van der Waals surface area contributed by atoms with E-state index in [1.165, 1.54) is 0 Å². The van der Waals surface area contributed by atoms with Crippen molar-refractivity contribution in [2.24, 2.45) is 0 Å². The zero-order chi connectivity index (χ0) is 18.6. The molecule has 4 rings (SSSR count). The van der Waals surface area contributed by atoms with E-state index in [9.17, 15) is 4.79 Å². The van der Waals surface area contributed by atoms with E-state index in [1.54, 1.807) is 29.2 Å². The minimum absolute atomic E-state index is 0.0643. The number of aromatic nitrogens is 4. The van der Waals surface area contributed by atoms with E-state index in [1.807, 2.05) is 25.1 Å². The van der Waals surface area contributed by atoms with Crippen LogP contribution in [0.5, 0.6) is 0 Å². The smallest absolute Gasteiger partial charge is 0.266 e. The predicted molar refractivity (Wildman–Crippen MR) is 101 cm³/mol. The van der Waals surface area contributed by atoms with Gasteiger partial charge in [0.1, 0.15) is 5.76 Å². The van der Waals surface area contributed by atoms with Gasteiger partial charge in [-0.3, -0.25) is 14.7 Å². The standard InChI is InChI=1S/C20H23N5O2/c1-15-13-18(27-23-15)8-12-24-11-2-3-17(24)14-25-20(26)5-4-19(22-25)16-6-9-21-10-7-16/h4-7,9-10,13,17H,2-3,8,11-12,14H2,1H3. The molecule has 0 bridgehead atoms. The lowest BCUT2D eigenvalue weighted by atomic mass is 10.2. The SMILES string of the molecule is Cc1cc(CCN2CCCC2Cn2nc(-c3ccncc3)ccc2=O)on1. The Kier molecular flexibility index (Phi) is 5.11. The summed E-state index contributed by atoms with van der Waals surface area (Å²) in [6.45, 7) is 4.47. The van der Waals surface area contributed by atoms with Crippen molar-refractivity contribution >= 4 is 0 Å². The Bertz CT molecular complexity index is 950. The summed E-state index contributed by atoms with van der Waals surface area (Å²) in [5.41, 5.74) is 2.60. The van der Waals surface area contributed by atoms with Gasteiger partial charge in [0.15, 0.2) is 0 Å². The summed E-state index contributed by atoms with van der Waals surface area (Å²) >= 11 is 0. The Hall–Kier alpha value is -2.80. The zero-order valence-corrected chi connectivity index (χ0v) is 15.4. The first-order chi connectivity index (χ1) is 13.2. The average Bonchev–Trinajstić information content (AvgIpc) is 3.31. The fourth-order valence-corrected chi connectivity index (χ4v) is 3.64. The van der Waals surface area contributed by atoms with Crippen molar-refractivity contribution in [1.29, 1.82) is 0 Å². The molecule has 1 aliphatic rings. The quantitative estimate of drug-likeness (QED) is 0.667. The summed E-state index contributed by atoms with van der Waals surface area (Å²) in [6, 6.07) is 9.46. The molecule has 3 aromatic heterocycles. The van der Waals surface area contributed by atoms with Gasteiger partial charge in [-0.05, 0) is 44.5 Å². The minimum atomic E-state index is -0.0643. The van der Waals surface area contributed by atoms with Crippen molar-refractivity contribution in [3.63, 3.8) is 0 Å². The first-order valence-electron chi connectivity index (χ1n) is 9.34. The van der Waals surface area contributed by atoms with Crippen LogP contribution in [0.2, 0.25) is 0 Å². The van der Waals surface area contributed by atoms with Crippen molar-refractivity contribution in [3.8, 4) is 11.3 Å². The molecule has 140 valence electrons. The summed E-state index contributed by atoms with van der Waals surface area (Å²) in [6.07, 6.45) is 6.51. The van der Waals surface area contributed by atoms with Crippen LogP contribution in [-0.2, 0) is 13.0 Å². The molecule has 0 amide bonds. The monoisotopic (exact) mass is 365 g/mol. The third kappa shape index (κ3) is 4.14. The Morgan fingerprint density at radius 3 is 2.85 bits per heavy atom. The van der Waals surface area contributed by atoms with Crippen LogP contribution in [0.4, 0.5) is 0 Å². The molecule has 1 saturated heterocycles. The molecular weight excluding hydrogens is 342 g/mol. The first-order valence-corrected chi connectivity index (χ1v) is 9.34. The normalized spacial score (nSPS) is 17.4. The largest absolute Gasteiger partial charge is 0.361 e. The highest BCUT2D eigenvalue weighted by atomic mass is 16.5. The molecule has 27 heavy (non-hydrogen) atoms. The van der Waals surface area contributed by atoms with Gasteiger partial charge in [0.05, 0.1) is 17.9 Å². The number of hydrogen-bond acceptors (Lipinski definition) is 6. The molecular formula is C20H23N5O2. The highest BCUT2D eigenvalue weighted by Gasteiger charge is 2.25. The molecule has 3 aromatic rings. The molecule has 0 aliphatic carbocycles. The molecule has 0 N–H and O–H groups in total. The van der Waals surface area contributed by atoms with Gasteiger partial charge in [0, 0.05) is 49.1 Å². The maximum atomic E-state index is 12.3. The van der Waals surface area contributed by atoms with Gasteiger partial charge in [-0.25, -0.2) is 4.68 Å². The molecule has 1 aliphatic heterocycles. The fourth-order valence-electron chi connectivity index (χ4n) is 3.64. The molecule has 7 heteroatoms. The predicted octanol–water partition coefficient (Wildman–Crippen LogP) is 2.31. The lowest BCUT2D eigenvalue weighted by Crippen LogP contribution is -2.38. The summed E-state index contributed by atoms with van der Waals surface area (Å²) in [5.74, 6) is 0.910. The van der Waals surface area contributed by atoms with Crippen molar-refractivity contribution < 1.29 is 4.52 Å². The number of rotatable bonds is 6. The van der Waals surface area contributed by atoms with Gasteiger partial charge in [0.25, 0.3) is 5.56 Å². The van der Waals surface area contributed by atoms with E-state index >= 15 is 0 Å². The molecule has 0 saturated carbocycles. The third-order valence-corrected chi connectivity index (χ3v) is 5.05. The maximum Gasteiger partial charge on any atom is 0.266 e. The summed E-state index contributed by atoms with van der Waals surface area (Å²) in [7, 11) is 0. The third-order valence-electron chi connectivity index (χ3n) is 5.05. The van der Waals surface area contributed by atoms with E-state index in [-0.39, 0.29) is 5.56 Å². The van der Waals surface area contributed by atoms with Crippen molar-refractivity contribution in [1.82, 2.24) is 24.8 Å². The topological polar surface area (TPSA) is 77.0 Å². The molecule has 1 atom stereocenters. The molecule has 4 heterocycles. The highest BCUT2D eigenvalue weighted by Crippen LogP contribution is 2.20. The Labute approximate surface area is 157 Å². The van der Waals surface area contributed by atoms with Crippen LogP contribution in [0.15, 0.2) is 52.0 Å². The molecule has 0 aromatic carbocycles. The van der Waals surface area contributed by atoms with Gasteiger partial charge in [0.2, 0.25) is 0 Å². The van der Waals surface area contributed by atoms with Gasteiger partial charge < -0.3 is 4.52 Å². The molecule has 1 fully saturated rings. The van der Waals surface area contributed by atoms with Crippen molar-refractivity contribution in [3.05, 3.63) is 64.5 Å². The number of hydrogen-bond donors (Lipinski definition) is 0. The van der Waals surface area contributed by atoms with E-state index in [4.69, 9.17) is 4.52 Å². The van der Waals surface area contributed by atoms with E-state index in [2.05, 4.69) is 20.1 Å². The fraction of sp³-hybridized carbons (Fsp3) is 0.400. The average molecular weight is 365 g/mol. The van der Waals surface area contributed by atoms with Crippen LogP contribution >= 0.6 is 0 Å².